The van der Waals surface area contributed by atoms with Crippen LogP contribution >= 0.6 is 0 Å². The molecule has 0 aliphatic rings. The SMILES string of the molecule is Cn1nc(C(=O)OCCOC(=O)c2ccccc2)c2ccccc2c1=O. The molecule has 1 aromatic heterocycles. The molecule has 0 aliphatic heterocycles. The Bertz CT molecular complexity index is 1010. The summed E-state index contributed by atoms with van der Waals surface area (Å²) in [6.45, 7) is -0.195. The third-order valence-electron chi connectivity index (χ3n) is 3.71. The summed E-state index contributed by atoms with van der Waals surface area (Å²) >= 11 is 0. The predicted octanol–water partition coefficient (Wildman–Crippen LogP) is 1.95. The van der Waals surface area contributed by atoms with Gasteiger partial charge in [0.25, 0.3) is 5.56 Å². The van der Waals surface area contributed by atoms with E-state index in [-0.39, 0.29) is 24.5 Å². The number of carbonyl (C=O) groups is 2. The Kier molecular flexibility index (Phi) is 5.07. The Morgan fingerprint density at radius 1 is 0.885 bits per heavy atom. The van der Waals surface area contributed by atoms with Crippen molar-refractivity contribution in [3.8, 4) is 0 Å². The monoisotopic (exact) mass is 352 g/mol. The predicted molar refractivity (Wildman–Crippen MR) is 94.0 cm³/mol. The molecule has 0 spiro atoms. The Labute approximate surface area is 148 Å². The molecule has 2 aromatic carbocycles. The molecule has 0 saturated carbocycles. The fourth-order valence-electron chi connectivity index (χ4n) is 2.45. The van der Waals surface area contributed by atoms with Crippen LogP contribution in [0.1, 0.15) is 20.8 Å². The summed E-state index contributed by atoms with van der Waals surface area (Å²) in [5.41, 5.74) is 0.163. The normalized spacial score (nSPS) is 10.5. The van der Waals surface area contributed by atoms with E-state index in [4.69, 9.17) is 9.47 Å². The number of hydrogen-bond donors (Lipinski definition) is 0. The Balaban J connectivity index is 1.64. The van der Waals surface area contributed by atoms with Crippen LogP contribution < -0.4 is 5.56 Å². The van der Waals surface area contributed by atoms with Crippen molar-refractivity contribution in [3.05, 3.63) is 76.2 Å². The molecule has 1 heterocycles. The zero-order chi connectivity index (χ0) is 18.5. The Hall–Kier alpha value is -3.48. The molecular weight excluding hydrogens is 336 g/mol. The number of rotatable bonds is 5. The summed E-state index contributed by atoms with van der Waals surface area (Å²) in [7, 11) is 1.47. The fourth-order valence-corrected chi connectivity index (χ4v) is 2.45. The first-order chi connectivity index (χ1) is 12.6. The van der Waals surface area contributed by atoms with Gasteiger partial charge in [0, 0.05) is 12.4 Å². The van der Waals surface area contributed by atoms with Crippen LogP contribution in [0.4, 0.5) is 0 Å². The van der Waals surface area contributed by atoms with Crippen LogP contribution in [0.3, 0.4) is 0 Å². The lowest BCUT2D eigenvalue weighted by atomic mass is 10.1. The van der Waals surface area contributed by atoms with Gasteiger partial charge in [-0.3, -0.25) is 4.79 Å². The molecule has 0 bridgehead atoms. The maximum atomic E-state index is 12.3. The highest BCUT2D eigenvalue weighted by atomic mass is 16.6. The number of esters is 2. The lowest BCUT2D eigenvalue weighted by molar-refractivity contribution is 0.0262. The second-order valence-corrected chi connectivity index (χ2v) is 5.46. The zero-order valence-electron chi connectivity index (χ0n) is 14.0. The molecular formula is C19H16N2O5. The van der Waals surface area contributed by atoms with Gasteiger partial charge in [-0.2, -0.15) is 5.10 Å². The highest BCUT2D eigenvalue weighted by molar-refractivity contribution is 6.02. The number of hydrogen-bond acceptors (Lipinski definition) is 6. The van der Waals surface area contributed by atoms with Gasteiger partial charge in [0.2, 0.25) is 0 Å². The molecule has 0 fully saturated rings. The first-order valence-corrected chi connectivity index (χ1v) is 7.93. The molecule has 0 N–H and O–H groups in total. The van der Waals surface area contributed by atoms with Crippen molar-refractivity contribution >= 4 is 22.7 Å². The van der Waals surface area contributed by atoms with E-state index < -0.39 is 11.9 Å². The summed E-state index contributed by atoms with van der Waals surface area (Å²) in [6, 6.07) is 15.2. The first-order valence-electron chi connectivity index (χ1n) is 7.93. The van der Waals surface area contributed by atoms with Crippen molar-refractivity contribution < 1.29 is 19.1 Å². The molecule has 0 atom stereocenters. The van der Waals surface area contributed by atoms with E-state index in [0.29, 0.717) is 16.3 Å². The summed E-state index contributed by atoms with van der Waals surface area (Å²) < 4.78 is 11.3. The maximum absolute atomic E-state index is 12.3. The Morgan fingerprint density at radius 3 is 2.15 bits per heavy atom. The van der Waals surface area contributed by atoms with E-state index in [1.807, 2.05) is 0 Å². The lowest BCUT2D eigenvalue weighted by Crippen LogP contribution is -2.24. The standard InChI is InChI=1S/C19H16N2O5/c1-21-17(22)15-10-6-5-9-14(15)16(20-21)19(24)26-12-11-25-18(23)13-7-3-2-4-8-13/h2-10H,11-12H2,1H3. The summed E-state index contributed by atoms with van der Waals surface area (Å²) in [5.74, 6) is -1.18. The van der Waals surface area contributed by atoms with Gasteiger partial charge >= 0.3 is 11.9 Å². The number of ether oxygens (including phenoxy) is 2. The number of nitrogens with zero attached hydrogens (tertiary/aromatic N) is 2. The second kappa shape index (κ2) is 7.60. The van der Waals surface area contributed by atoms with E-state index >= 15 is 0 Å². The zero-order valence-corrected chi connectivity index (χ0v) is 14.0. The minimum Gasteiger partial charge on any atom is -0.458 e. The number of fused-ring (bicyclic) bond motifs is 1. The smallest absolute Gasteiger partial charge is 0.359 e. The van der Waals surface area contributed by atoms with Crippen molar-refractivity contribution in [1.82, 2.24) is 9.78 Å². The van der Waals surface area contributed by atoms with Crippen molar-refractivity contribution in [2.24, 2.45) is 7.05 Å². The van der Waals surface area contributed by atoms with Crippen molar-refractivity contribution in [1.29, 1.82) is 0 Å². The second-order valence-electron chi connectivity index (χ2n) is 5.46. The van der Waals surface area contributed by atoms with E-state index in [1.165, 1.54) is 7.05 Å². The van der Waals surface area contributed by atoms with Crippen LogP contribution in [0.5, 0.6) is 0 Å². The molecule has 7 heteroatoms. The maximum Gasteiger partial charge on any atom is 0.359 e. The molecule has 132 valence electrons. The molecule has 7 nitrogen and oxygen atoms in total. The first kappa shape index (κ1) is 17.3. The average molecular weight is 352 g/mol. The third-order valence-corrected chi connectivity index (χ3v) is 3.71. The largest absolute Gasteiger partial charge is 0.458 e. The minimum atomic E-state index is -0.687. The van der Waals surface area contributed by atoms with Crippen LogP contribution in [-0.2, 0) is 16.5 Å². The molecule has 3 aromatic rings. The van der Waals surface area contributed by atoms with Crippen LogP contribution in [-0.4, -0.2) is 34.9 Å². The summed E-state index contributed by atoms with van der Waals surface area (Å²) in [4.78, 5) is 36.2. The van der Waals surface area contributed by atoms with Gasteiger partial charge in [-0.1, -0.05) is 36.4 Å². The topological polar surface area (TPSA) is 87.5 Å². The highest BCUT2D eigenvalue weighted by Gasteiger charge is 2.17. The molecule has 0 unspecified atom stereocenters. The Morgan fingerprint density at radius 2 is 1.46 bits per heavy atom. The van der Waals surface area contributed by atoms with Gasteiger partial charge in [0.1, 0.15) is 13.2 Å². The molecule has 0 amide bonds. The van der Waals surface area contributed by atoms with E-state index in [9.17, 15) is 14.4 Å². The van der Waals surface area contributed by atoms with E-state index in [2.05, 4.69) is 5.10 Å². The fraction of sp³-hybridized carbons (Fsp3) is 0.158. The van der Waals surface area contributed by atoms with Crippen LogP contribution in [0.2, 0.25) is 0 Å². The average Bonchev–Trinajstić information content (AvgIpc) is 2.68. The van der Waals surface area contributed by atoms with Crippen LogP contribution in [0.25, 0.3) is 10.8 Å². The number of aromatic nitrogens is 2. The van der Waals surface area contributed by atoms with Crippen molar-refractivity contribution in [2.75, 3.05) is 13.2 Å². The minimum absolute atomic E-state index is 0.0390. The highest BCUT2D eigenvalue weighted by Crippen LogP contribution is 2.13. The molecule has 0 radical (unpaired) electrons. The van der Waals surface area contributed by atoms with Gasteiger partial charge in [-0.25, -0.2) is 14.3 Å². The molecule has 3 rings (SSSR count). The molecule has 26 heavy (non-hydrogen) atoms. The van der Waals surface area contributed by atoms with Gasteiger partial charge in [-0.05, 0) is 18.2 Å². The van der Waals surface area contributed by atoms with E-state index in [0.717, 1.165) is 4.68 Å². The summed E-state index contributed by atoms with van der Waals surface area (Å²) in [6.07, 6.45) is 0. The van der Waals surface area contributed by atoms with Crippen LogP contribution in [0.15, 0.2) is 59.4 Å². The van der Waals surface area contributed by atoms with Gasteiger partial charge in [0.15, 0.2) is 5.69 Å². The summed E-state index contributed by atoms with van der Waals surface area (Å²) in [5, 5.41) is 4.78. The lowest BCUT2D eigenvalue weighted by Gasteiger charge is -2.09. The number of carbonyl (C=O) groups excluding carboxylic acids is 2. The van der Waals surface area contributed by atoms with Gasteiger partial charge < -0.3 is 9.47 Å². The molecule has 0 aliphatic carbocycles. The van der Waals surface area contributed by atoms with Gasteiger partial charge in [-0.15, -0.1) is 0 Å². The number of aryl methyl sites for hydroxylation is 1. The molecule has 0 saturated heterocycles. The van der Waals surface area contributed by atoms with Gasteiger partial charge in [0.05, 0.1) is 10.9 Å². The van der Waals surface area contributed by atoms with E-state index in [1.54, 1.807) is 54.6 Å². The number of benzene rings is 2. The van der Waals surface area contributed by atoms with Crippen molar-refractivity contribution in [2.45, 2.75) is 0 Å². The van der Waals surface area contributed by atoms with Crippen LogP contribution in [0, 0.1) is 0 Å². The van der Waals surface area contributed by atoms with Crippen molar-refractivity contribution in [3.63, 3.8) is 0 Å². The quantitative estimate of drug-likeness (QED) is 0.515. The third kappa shape index (κ3) is 3.61.